The van der Waals surface area contributed by atoms with Crippen molar-refractivity contribution in [1.29, 1.82) is 0 Å². The summed E-state index contributed by atoms with van der Waals surface area (Å²) in [6.07, 6.45) is 0.0131. The summed E-state index contributed by atoms with van der Waals surface area (Å²) in [6, 6.07) is 7.41. The zero-order valence-corrected chi connectivity index (χ0v) is 15.4. The number of ether oxygens (including phenoxy) is 1. The topological polar surface area (TPSA) is 67.6 Å². The highest BCUT2D eigenvalue weighted by Crippen LogP contribution is 2.25. The molecule has 1 aromatic heterocycles. The molecule has 1 aromatic carbocycles. The molecule has 1 saturated heterocycles. The predicted molar refractivity (Wildman–Crippen MR) is 96.6 cm³/mol. The molecule has 1 atom stereocenters. The van der Waals surface area contributed by atoms with E-state index in [1.165, 1.54) is 0 Å². The van der Waals surface area contributed by atoms with Crippen LogP contribution in [0.4, 0.5) is 10.5 Å². The first-order valence-electron chi connectivity index (χ1n) is 8.52. The second-order valence-corrected chi connectivity index (χ2v) is 7.24. The SMILES string of the molecule is Cc1nc(-c2cccc(NC(=O)N3C[C@@H](C)OC(C)(C)C3)c2)oc1C. The minimum Gasteiger partial charge on any atom is -0.441 e. The highest BCUT2D eigenvalue weighted by Gasteiger charge is 2.33. The molecule has 25 heavy (non-hydrogen) atoms. The number of oxazole rings is 1. The van der Waals surface area contributed by atoms with Crippen LogP contribution in [0.2, 0.25) is 0 Å². The maximum atomic E-state index is 12.6. The molecule has 2 aromatic rings. The van der Waals surface area contributed by atoms with Crippen LogP contribution in [0, 0.1) is 13.8 Å². The molecule has 0 unspecified atom stereocenters. The van der Waals surface area contributed by atoms with Crippen molar-refractivity contribution in [2.45, 2.75) is 46.3 Å². The van der Waals surface area contributed by atoms with Crippen molar-refractivity contribution in [2.24, 2.45) is 0 Å². The molecule has 3 rings (SSSR count). The number of morpholine rings is 1. The molecule has 1 N–H and O–H groups in total. The first-order valence-corrected chi connectivity index (χ1v) is 8.52. The Kier molecular flexibility index (Phi) is 4.56. The van der Waals surface area contributed by atoms with E-state index in [-0.39, 0.29) is 17.7 Å². The van der Waals surface area contributed by atoms with Gasteiger partial charge in [0.25, 0.3) is 0 Å². The number of hydrogen-bond donors (Lipinski definition) is 1. The predicted octanol–water partition coefficient (Wildman–Crippen LogP) is 3.99. The lowest BCUT2D eigenvalue weighted by molar-refractivity contribution is -0.116. The molecular formula is C19H25N3O3. The van der Waals surface area contributed by atoms with Gasteiger partial charge in [-0.05, 0) is 52.8 Å². The molecule has 1 aliphatic heterocycles. The number of aryl methyl sites for hydroxylation is 2. The summed E-state index contributed by atoms with van der Waals surface area (Å²) in [4.78, 5) is 18.8. The van der Waals surface area contributed by atoms with Crippen LogP contribution in [0.5, 0.6) is 0 Å². The number of hydrogen-bond acceptors (Lipinski definition) is 4. The van der Waals surface area contributed by atoms with Gasteiger partial charge >= 0.3 is 6.03 Å². The zero-order valence-electron chi connectivity index (χ0n) is 15.4. The third-order valence-corrected chi connectivity index (χ3v) is 4.25. The van der Waals surface area contributed by atoms with Gasteiger partial charge in [-0.25, -0.2) is 9.78 Å². The minimum absolute atomic E-state index is 0.0131. The van der Waals surface area contributed by atoms with Crippen LogP contribution in [0.25, 0.3) is 11.5 Å². The van der Waals surface area contributed by atoms with Crippen molar-refractivity contribution in [2.75, 3.05) is 18.4 Å². The fourth-order valence-electron chi connectivity index (χ4n) is 3.14. The number of urea groups is 1. The number of anilines is 1. The van der Waals surface area contributed by atoms with Crippen LogP contribution in [0.3, 0.4) is 0 Å². The Morgan fingerprint density at radius 2 is 2.12 bits per heavy atom. The number of aromatic nitrogens is 1. The summed E-state index contributed by atoms with van der Waals surface area (Å²) in [5.74, 6) is 1.36. The smallest absolute Gasteiger partial charge is 0.322 e. The van der Waals surface area contributed by atoms with Gasteiger partial charge < -0.3 is 19.4 Å². The van der Waals surface area contributed by atoms with Gasteiger partial charge in [-0.3, -0.25) is 0 Å². The maximum Gasteiger partial charge on any atom is 0.322 e. The summed E-state index contributed by atoms with van der Waals surface area (Å²) < 4.78 is 11.5. The Labute approximate surface area is 148 Å². The number of amides is 2. The van der Waals surface area contributed by atoms with Crippen molar-refractivity contribution >= 4 is 11.7 Å². The van der Waals surface area contributed by atoms with Crippen molar-refractivity contribution in [3.63, 3.8) is 0 Å². The largest absolute Gasteiger partial charge is 0.441 e. The summed E-state index contributed by atoms with van der Waals surface area (Å²) in [6.45, 7) is 10.9. The average molecular weight is 343 g/mol. The molecular weight excluding hydrogens is 318 g/mol. The van der Waals surface area contributed by atoms with Gasteiger partial charge in [0.15, 0.2) is 0 Å². The van der Waals surface area contributed by atoms with Crippen LogP contribution in [0.15, 0.2) is 28.7 Å². The lowest BCUT2D eigenvalue weighted by atomic mass is 10.1. The Hall–Kier alpha value is -2.34. The second kappa shape index (κ2) is 6.52. The number of nitrogens with one attached hydrogen (secondary N) is 1. The molecule has 1 aliphatic rings. The Bertz CT molecular complexity index is 762. The number of benzene rings is 1. The quantitative estimate of drug-likeness (QED) is 0.895. The normalized spacial score (nSPS) is 19.7. The molecule has 1 fully saturated rings. The molecule has 2 heterocycles. The molecule has 0 saturated carbocycles. The van der Waals surface area contributed by atoms with Crippen molar-refractivity contribution in [3.8, 4) is 11.5 Å². The molecule has 0 radical (unpaired) electrons. The molecule has 6 nitrogen and oxygen atoms in total. The van der Waals surface area contributed by atoms with E-state index in [2.05, 4.69) is 10.3 Å². The van der Waals surface area contributed by atoms with Gasteiger partial charge in [-0.2, -0.15) is 0 Å². The van der Waals surface area contributed by atoms with Crippen LogP contribution in [-0.4, -0.2) is 40.7 Å². The third-order valence-electron chi connectivity index (χ3n) is 4.25. The molecule has 2 amide bonds. The van der Waals surface area contributed by atoms with E-state index >= 15 is 0 Å². The van der Waals surface area contributed by atoms with E-state index in [1.54, 1.807) is 4.90 Å². The van der Waals surface area contributed by atoms with Crippen LogP contribution < -0.4 is 5.32 Å². The van der Waals surface area contributed by atoms with E-state index in [4.69, 9.17) is 9.15 Å². The van der Waals surface area contributed by atoms with Crippen molar-refractivity contribution < 1.29 is 13.9 Å². The number of nitrogens with zero attached hydrogens (tertiary/aromatic N) is 2. The zero-order chi connectivity index (χ0) is 18.2. The number of carbonyl (C=O) groups is 1. The van der Waals surface area contributed by atoms with E-state index in [0.29, 0.717) is 24.7 Å². The fraction of sp³-hybridized carbons (Fsp3) is 0.474. The standard InChI is InChI=1S/C19H25N3O3/c1-12-10-22(11-19(4,5)25-12)18(23)21-16-8-6-7-15(9-16)17-20-13(2)14(3)24-17/h6-9,12H,10-11H2,1-5H3,(H,21,23)/t12-/m1/s1. The fourth-order valence-corrected chi connectivity index (χ4v) is 3.14. The van der Waals surface area contributed by atoms with Crippen LogP contribution in [-0.2, 0) is 4.74 Å². The van der Waals surface area contributed by atoms with Gasteiger partial charge in [-0.15, -0.1) is 0 Å². The molecule has 6 heteroatoms. The Morgan fingerprint density at radius 1 is 1.36 bits per heavy atom. The maximum absolute atomic E-state index is 12.6. The molecule has 134 valence electrons. The highest BCUT2D eigenvalue weighted by molar-refractivity contribution is 5.90. The van der Waals surface area contributed by atoms with Crippen molar-refractivity contribution in [3.05, 3.63) is 35.7 Å². The number of carbonyl (C=O) groups excluding carboxylic acids is 1. The van der Waals surface area contributed by atoms with Gasteiger partial charge in [0.1, 0.15) is 5.76 Å². The summed E-state index contributed by atoms with van der Waals surface area (Å²) in [7, 11) is 0. The van der Waals surface area contributed by atoms with Crippen LogP contribution in [0.1, 0.15) is 32.2 Å². The first-order chi connectivity index (χ1) is 11.7. The van der Waals surface area contributed by atoms with Crippen molar-refractivity contribution in [1.82, 2.24) is 9.88 Å². The summed E-state index contributed by atoms with van der Waals surface area (Å²) in [5, 5.41) is 2.96. The van der Waals surface area contributed by atoms with E-state index in [0.717, 1.165) is 17.0 Å². The van der Waals surface area contributed by atoms with Gasteiger partial charge in [0, 0.05) is 17.8 Å². The van der Waals surface area contributed by atoms with E-state index in [9.17, 15) is 4.79 Å². The second-order valence-electron chi connectivity index (χ2n) is 7.24. The Balaban J connectivity index is 1.74. The lowest BCUT2D eigenvalue weighted by Gasteiger charge is -2.41. The minimum atomic E-state index is -0.343. The molecule has 0 aliphatic carbocycles. The summed E-state index contributed by atoms with van der Waals surface area (Å²) >= 11 is 0. The van der Waals surface area contributed by atoms with Gasteiger partial charge in [-0.1, -0.05) is 6.07 Å². The van der Waals surface area contributed by atoms with E-state index < -0.39 is 0 Å². The van der Waals surface area contributed by atoms with E-state index in [1.807, 2.05) is 58.9 Å². The van der Waals surface area contributed by atoms with Gasteiger partial charge in [0.05, 0.1) is 23.9 Å². The Morgan fingerprint density at radius 3 is 2.76 bits per heavy atom. The monoisotopic (exact) mass is 343 g/mol. The molecule has 0 spiro atoms. The first kappa shape index (κ1) is 17.5. The van der Waals surface area contributed by atoms with Gasteiger partial charge in [0.2, 0.25) is 5.89 Å². The lowest BCUT2D eigenvalue weighted by Crippen LogP contribution is -2.54. The molecule has 0 bridgehead atoms. The number of rotatable bonds is 2. The summed E-state index contributed by atoms with van der Waals surface area (Å²) in [5.41, 5.74) is 2.08. The van der Waals surface area contributed by atoms with Crippen LogP contribution >= 0.6 is 0 Å². The average Bonchev–Trinajstić information content (AvgIpc) is 2.85. The highest BCUT2D eigenvalue weighted by atomic mass is 16.5. The third kappa shape index (κ3) is 4.02.